The highest BCUT2D eigenvalue weighted by Gasteiger charge is 2.32. The van der Waals surface area contributed by atoms with Crippen molar-refractivity contribution in [2.45, 2.75) is 38.9 Å². The molecule has 0 amide bonds. The number of nitrogens with zero attached hydrogens (tertiary/aromatic N) is 1. The van der Waals surface area contributed by atoms with Gasteiger partial charge in [-0.15, -0.1) is 0 Å². The van der Waals surface area contributed by atoms with Crippen LogP contribution < -0.4 is 9.47 Å². The van der Waals surface area contributed by atoms with Gasteiger partial charge in [0, 0.05) is 18.1 Å². The van der Waals surface area contributed by atoms with Crippen molar-refractivity contribution in [3.8, 4) is 11.5 Å². The largest absolute Gasteiger partial charge is 0.489 e. The van der Waals surface area contributed by atoms with Crippen LogP contribution in [0.25, 0.3) is 0 Å². The van der Waals surface area contributed by atoms with Gasteiger partial charge in [0.2, 0.25) is 0 Å². The van der Waals surface area contributed by atoms with Crippen LogP contribution in [0, 0.1) is 22.9 Å². The SMILES string of the molecule is Cc1cc2c(c([N+](=O)[O-])c1)C(Oc1ccc(OCc3ccccc3)c(Cc3ccc(F)cc3)c1)CC2. The second-order valence-electron chi connectivity index (χ2n) is 9.11. The quantitative estimate of drug-likeness (QED) is 0.195. The second-order valence-corrected chi connectivity index (χ2v) is 9.11. The van der Waals surface area contributed by atoms with E-state index in [1.54, 1.807) is 18.2 Å². The first-order valence-corrected chi connectivity index (χ1v) is 11.9. The summed E-state index contributed by atoms with van der Waals surface area (Å²) in [5.41, 5.74) is 5.51. The normalized spacial score (nSPS) is 14.3. The van der Waals surface area contributed by atoms with E-state index in [1.807, 2.05) is 61.5 Å². The molecule has 0 aromatic heterocycles. The van der Waals surface area contributed by atoms with Crippen LogP contribution in [-0.2, 0) is 19.4 Å². The first-order valence-electron chi connectivity index (χ1n) is 11.9. The molecule has 0 aliphatic heterocycles. The van der Waals surface area contributed by atoms with Crippen molar-refractivity contribution in [1.82, 2.24) is 0 Å². The number of ether oxygens (including phenoxy) is 2. The Balaban J connectivity index is 1.43. The van der Waals surface area contributed by atoms with Gasteiger partial charge in [-0.1, -0.05) is 48.5 Å². The van der Waals surface area contributed by atoms with Crippen molar-refractivity contribution in [2.75, 3.05) is 0 Å². The maximum Gasteiger partial charge on any atom is 0.276 e. The Morgan fingerprint density at radius 2 is 1.75 bits per heavy atom. The fraction of sp³-hybridized carbons (Fsp3) is 0.200. The van der Waals surface area contributed by atoms with E-state index < -0.39 is 6.10 Å². The van der Waals surface area contributed by atoms with Gasteiger partial charge in [0.1, 0.15) is 30.0 Å². The van der Waals surface area contributed by atoms with Crippen LogP contribution >= 0.6 is 0 Å². The van der Waals surface area contributed by atoms with Gasteiger partial charge < -0.3 is 9.47 Å². The van der Waals surface area contributed by atoms with Crippen LogP contribution in [0.5, 0.6) is 11.5 Å². The van der Waals surface area contributed by atoms with Crippen LogP contribution in [0.3, 0.4) is 0 Å². The van der Waals surface area contributed by atoms with E-state index in [9.17, 15) is 14.5 Å². The van der Waals surface area contributed by atoms with Crippen molar-refractivity contribution in [3.63, 3.8) is 0 Å². The van der Waals surface area contributed by atoms with E-state index in [-0.39, 0.29) is 16.4 Å². The molecule has 0 saturated heterocycles. The van der Waals surface area contributed by atoms with Gasteiger partial charge >= 0.3 is 0 Å². The van der Waals surface area contributed by atoms with Crippen molar-refractivity contribution in [1.29, 1.82) is 0 Å². The Hall–Kier alpha value is -4.19. The van der Waals surface area contributed by atoms with E-state index >= 15 is 0 Å². The maximum absolute atomic E-state index is 13.4. The van der Waals surface area contributed by atoms with Crippen molar-refractivity contribution in [2.24, 2.45) is 0 Å². The van der Waals surface area contributed by atoms with Crippen LogP contribution in [0.1, 0.15) is 45.9 Å². The van der Waals surface area contributed by atoms with Crippen molar-refractivity contribution in [3.05, 3.63) is 134 Å². The Labute approximate surface area is 209 Å². The summed E-state index contributed by atoms with van der Waals surface area (Å²) in [5, 5.41) is 11.7. The Kier molecular flexibility index (Phi) is 6.67. The van der Waals surface area contributed by atoms with Crippen LogP contribution in [0.2, 0.25) is 0 Å². The van der Waals surface area contributed by atoms with Gasteiger partial charge in [0.15, 0.2) is 0 Å². The lowest BCUT2D eigenvalue weighted by Crippen LogP contribution is -2.07. The Bertz CT molecular complexity index is 1390. The number of halogens is 1. The van der Waals surface area contributed by atoms with E-state index in [2.05, 4.69) is 0 Å². The predicted octanol–water partition coefficient (Wildman–Crippen LogP) is 7.28. The predicted molar refractivity (Wildman–Crippen MR) is 136 cm³/mol. The van der Waals surface area contributed by atoms with E-state index in [4.69, 9.17) is 9.47 Å². The smallest absolute Gasteiger partial charge is 0.276 e. The van der Waals surface area contributed by atoms with Crippen LogP contribution in [0.15, 0.2) is 84.9 Å². The summed E-state index contributed by atoms with van der Waals surface area (Å²) < 4.78 is 25.9. The molecule has 5 nitrogen and oxygen atoms in total. The number of nitro groups is 1. The molecule has 0 N–H and O–H groups in total. The third kappa shape index (κ3) is 5.23. The fourth-order valence-electron chi connectivity index (χ4n) is 4.76. The zero-order valence-electron chi connectivity index (χ0n) is 19.9. The molecule has 0 radical (unpaired) electrons. The van der Waals surface area contributed by atoms with Crippen molar-refractivity contribution < 1.29 is 18.8 Å². The molecule has 36 heavy (non-hydrogen) atoms. The fourth-order valence-corrected chi connectivity index (χ4v) is 4.76. The molecule has 1 unspecified atom stereocenters. The third-order valence-electron chi connectivity index (χ3n) is 6.44. The molecule has 0 saturated carbocycles. The topological polar surface area (TPSA) is 61.6 Å². The highest BCUT2D eigenvalue weighted by atomic mass is 19.1. The van der Waals surface area contributed by atoms with Crippen molar-refractivity contribution >= 4 is 5.69 Å². The summed E-state index contributed by atoms with van der Waals surface area (Å²) in [7, 11) is 0. The van der Waals surface area contributed by atoms with Gasteiger partial charge in [0.25, 0.3) is 5.69 Å². The number of aryl methyl sites for hydroxylation is 2. The molecule has 0 fully saturated rings. The molecular weight excluding hydrogens is 457 g/mol. The molecule has 0 heterocycles. The number of benzene rings is 4. The summed E-state index contributed by atoms with van der Waals surface area (Å²) in [6.07, 6.45) is 1.56. The molecule has 5 rings (SSSR count). The third-order valence-corrected chi connectivity index (χ3v) is 6.44. The van der Waals surface area contributed by atoms with Gasteiger partial charge in [-0.25, -0.2) is 4.39 Å². The second kappa shape index (κ2) is 10.2. The zero-order valence-corrected chi connectivity index (χ0v) is 19.9. The number of nitro benzene ring substituents is 1. The molecule has 182 valence electrons. The lowest BCUT2D eigenvalue weighted by Gasteiger charge is -2.18. The summed E-state index contributed by atoms with van der Waals surface area (Å²) >= 11 is 0. The minimum Gasteiger partial charge on any atom is -0.489 e. The Morgan fingerprint density at radius 1 is 0.972 bits per heavy atom. The first kappa shape index (κ1) is 23.5. The number of hydrogen-bond acceptors (Lipinski definition) is 4. The molecule has 1 aliphatic rings. The number of fused-ring (bicyclic) bond motifs is 1. The van der Waals surface area contributed by atoms with Gasteiger partial charge in [0.05, 0.1) is 10.5 Å². The first-order chi connectivity index (χ1) is 17.5. The molecule has 4 aromatic carbocycles. The molecule has 1 atom stereocenters. The zero-order chi connectivity index (χ0) is 25.1. The molecule has 0 spiro atoms. The lowest BCUT2D eigenvalue weighted by molar-refractivity contribution is -0.386. The maximum atomic E-state index is 13.4. The minimum atomic E-state index is -0.393. The molecular formula is C30H26FNO4. The Morgan fingerprint density at radius 3 is 2.50 bits per heavy atom. The van der Waals surface area contributed by atoms with Crippen LogP contribution in [-0.4, -0.2) is 4.92 Å². The number of hydrogen-bond donors (Lipinski definition) is 0. The summed E-state index contributed by atoms with van der Waals surface area (Å²) in [4.78, 5) is 11.4. The highest BCUT2D eigenvalue weighted by Crippen LogP contribution is 2.42. The average molecular weight is 484 g/mol. The molecule has 4 aromatic rings. The highest BCUT2D eigenvalue weighted by molar-refractivity contribution is 5.53. The summed E-state index contributed by atoms with van der Waals surface area (Å²) in [5.74, 6) is 1.05. The average Bonchev–Trinajstić information content (AvgIpc) is 3.27. The summed E-state index contributed by atoms with van der Waals surface area (Å²) in [6.45, 7) is 2.29. The number of rotatable bonds is 8. The van der Waals surface area contributed by atoms with Gasteiger partial charge in [-0.05, 0) is 72.4 Å². The summed E-state index contributed by atoms with van der Waals surface area (Å²) in [6, 6.07) is 25.5. The van der Waals surface area contributed by atoms with Gasteiger partial charge in [-0.3, -0.25) is 10.1 Å². The van der Waals surface area contributed by atoms with E-state index in [1.165, 1.54) is 12.1 Å². The van der Waals surface area contributed by atoms with Crippen LogP contribution in [0.4, 0.5) is 10.1 Å². The van der Waals surface area contributed by atoms with Gasteiger partial charge in [-0.2, -0.15) is 0 Å². The van der Waals surface area contributed by atoms with E-state index in [0.29, 0.717) is 36.5 Å². The molecule has 1 aliphatic carbocycles. The molecule has 6 heteroatoms. The standard InChI is InChI=1S/C30H26FNO4/c1-20-15-23-9-13-29(30(23)27(16-20)32(33)34)36-26-12-14-28(35-19-22-5-3-2-4-6-22)24(18-26)17-21-7-10-25(31)11-8-21/h2-8,10-12,14-16,18,29H,9,13,17,19H2,1H3. The monoisotopic (exact) mass is 483 g/mol. The lowest BCUT2D eigenvalue weighted by atomic mass is 10.0. The molecule has 0 bridgehead atoms. The van der Waals surface area contributed by atoms with E-state index in [0.717, 1.165) is 34.2 Å². The minimum absolute atomic E-state index is 0.113.